The maximum absolute atomic E-state index is 12.8. The first-order chi connectivity index (χ1) is 16.8. The largest absolute Gasteiger partial charge is 0.481 e. The summed E-state index contributed by atoms with van der Waals surface area (Å²) >= 11 is 0. The molecule has 1 aromatic rings. The molecule has 0 aliphatic rings. The molecule has 4 amide bonds. The lowest BCUT2D eigenvalue weighted by atomic mass is 10.0. The molecule has 0 spiro atoms. The summed E-state index contributed by atoms with van der Waals surface area (Å²) in [6, 6.07) is -5.44. The molecule has 4 unspecified atom stereocenters. The van der Waals surface area contributed by atoms with E-state index in [0.717, 1.165) is 0 Å². The fourth-order valence-corrected chi connectivity index (χ4v) is 3.19. The predicted octanol–water partition coefficient (Wildman–Crippen LogP) is -2.40. The molecule has 0 saturated carbocycles. The highest BCUT2D eigenvalue weighted by Gasteiger charge is 2.32. The van der Waals surface area contributed by atoms with Crippen LogP contribution in [0.15, 0.2) is 12.5 Å². The van der Waals surface area contributed by atoms with Crippen LogP contribution in [0.5, 0.6) is 0 Å². The van der Waals surface area contributed by atoms with Crippen molar-refractivity contribution in [1.29, 1.82) is 0 Å². The van der Waals surface area contributed by atoms with Crippen LogP contribution in [0, 0.1) is 5.92 Å². The first kappa shape index (κ1) is 30.0. The number of hydrogen-bond donors (Lipinski definition) is 8. The van der Waals surface area contributed by atoms with Gasteiger partial charge in [-0.25, -0.2) is 9.78 Å². The quantitative estimate of drug-likeness (QED) is 0.117. The second-order valence-electron chi connectivity index (χ2n) is 8.64. The van der Waals surface area contributed by atoms with Crippen molar-refractivity contribution in [2.45, 2.75) is 70.1 Å². The van der Waals surface area contributed by atoms with Crippen molar-refractivity contribution in [3.05, 3.63) is 18.2 Å². The van der Waals surface area contributed by atoms with Crippen LogP contribution in [0.4, 0.5) is 0 Å². The van der Waals surface area contributed by atoms with E-state index in [-0.39, 0.29) is 31.6 Å². The summed E-state index contributed by atoms with van der Waals surface area (Å²) in [4.78, 5) is 78.7. The van der Waals surface area contributed by atoms with Gasteiger partial charge in [-0.3, -0.25) is 24.0 Å². The summed E-state index contributed by atoms with van der Waals surface area (Å²) in [7, 11) is 0. The van der Waals surface area contributed by atoms with E-state index in [0.29, 0.717) is 5.69 Å². The van der Waals surface area contributed by atoms with Gasteiger partial charge in [0.25, 0.3) is 0 Å². The van der Waals surface area contributed by atoms with Gasteiger partial charge in [0, 0.05) is 24.7 Å². The number of nitrogens with two attached hydrogens (primary N) is 2. The van der Waals surface area contributed by atoms with Crippen LogP contribution in [-0.4, -0.2) is 79.9 Å². The van der Waals surface area contributed by atoms with Gasteiger partial charge >= 0.3 is 11.9 Å². The van der Waals surface area contributed by atoms with Crippen molar-refractivity contribution >= 4 is 35.6 Å². The minimum Gasteiger partial charge on any atom is -0.481 e. The number of aromatic amines is 1. The number of imidazole rings is 1. The molecule has 36 heavy (non-hydrogen) atoms. The van der Waals surface area contributed by atoms with Crippen LogP contribution in [0.25, 0.3) is 0 Å². The maximum atomic E-state index is 12.8. The molecule has 0 saturated heterocycles. The third-order valence-corrected chi connectivity index (χ3v) is 4.98. The first-order valence-electron chi connectivity index (χ1n) is 11.2. The van der Waals surface area contributed by atoms with E-state index < -0.39 is 66.2 Å². The van der Waals surface area contributed by atoms with E-state index in [1.54, 1.807) is 0 Å². The molecule has 0 aromatic carbocycles. The Balaban J connectivity index is 3.02. The summed E-state index contributed by atoms with van der Waals surface area (Å²) in [5.74, 6) is -6.24. The lowest BCUT2D eigenvalue weighted by Gasteiger charge is -2.24. The van der Waals surface area contributed by atoms with Gasteiger partial charge in [-0.1, -0.05) is 13.8 Å². The number of rotatable bonds is 16. The molecule has 0 aliphatic heterocycles. The number of aliphatic carboxylic acids is 2. The van der Waals surface area contributed by atoms with E-state index in [1.807, 2.05) is 13.8 Å². The number of carbonyl (C=O) groups is 6. The Labute approximate surface area is 206 Å². The Morgan fingerprint density at radius 1 is 0.972 bits per heavy atom. The second-order valence-corrected chi connectivity index (χ2v) is 8.64. The van der Waals surface area contributed by atoms with Gasteiger partial charge in [0.1, 0.15) is 18.1 Å². The molecule has 15 heteroatoms. The van der Waals surface area contributed by atoms with Gasteiger partial charge in [-0.05, 0) is 18.8 Å². The fourth-order valence-electron chi connectivity index (χ4n) is 3.19. The molecule has 0 fully saturated rings. The Kier molecular flexibility index (Phi) is 12.0. The third-order valence-electron chi connectivity index (χ3n) is 4.98. The zero-order valence-corrected chi connectivity index (χ0v) is 20.0. The monoisotopic (exact) mass is 511 g/mol. The predicted molar refractivity (Wildman–Crippen MR) is 124 cm³/mol. The van der Waals surface area contributed by atoms with Crippen LogP contribution in [0.2, 0.25) is 0 Å². The van der Waals surface area contributed by atoms with Crippen molar-refractivity contribution in [1.82, 2.24) is 25.9 Å². The van der Waals surface area contributed by atoms with Crippen molar-refractivity contribution in [2.75, 3.05) is 0 Å². The minimum absolute atomic E-state index is 0.0586. The Hall–Kier alpha value is -4.01. The van der Waals surface area contributed by atoms with Crippen molar-refractivity contribution < 1.29 is 39.0 Å². The van der Waals surface area contributed by atoms with E-state index in [1.165, 1.54) is 12.5 Å². The SMILES string of the molecule is CC(C)CC(N)C(=O)NC(CC(=O)O)C(=O)NC(CCC(N)=O)C(=O)NC(Cc1cnc[nH]1)C(=O)O. The minimum atomic E-state index is -1.59. The molecule has 1 aromatic heterocycles. The smallest absolute Gasteiger partial charge is 0.326 e. The average Bonchev–Trinajstić information content (AvgIpc) is 3.27. The van der Waals surface area contributed by atoms with Gasteiger partial charge in [-0.2, -0.15) is 0 Å². The number of carboxylic acid groups (broad SMARTS) is 2. The summed E-state index contributed by atoms with van der Waals surface area (Å²) in [5, 5.41) is 25.5. The van der Waals surface area contributed by atoms with Gasteiger partial charge < -0.3 is 42.6 Å². The Bertz CT molecular complexity index is 935. The maximum Gasteiger partial charge on any atom is 0.326 e. The highest BCUT2D eigenvalue weighted by Crippen LogP contribution is 2.06. The zero-order chi connectivity index (χ0) is 27.4. The van der Waals surface area contributed by atoms with Crippen LogP contribution < -0.4 is 27.4 Å². The van der Waals surface area contributed by atoms with E-state index in [4.69, 9.17) is 11.5 Å². The van der Waals surface area contributed by atoms with Crippen LogP contribution in [-0.2, 0) is 35.2 Å². The van der Waals surface area contributed by atoms with Crippen LogP contribution in [0.3, 0.4) is 0 Å². The number of nitrogens with one attached hydrogen (secondary N) is 4. The molecule has 1 rings (SSSR count). The van der Waals surface area contributed by atoms with Crippen molar-refractivity contribution in [3.8, 4) is 0 Å². The second kappa shape index (κ2) is 14.4. The number of primary amides is 1. The molecular weight excluding hydrogens is 478 g/mol. The number of carboxylic acids is 2. The summed E-state index contributed by atoms with van der Waals surface area (Å²) < 4.78 is 0. The van der Waals surface area contributed by atoms with Crippen LogP contribution >= 0.6 is 0 Å². The number of H-pyrrole nitrogens is 1. The molecule has 0 bridgehead atoms. The molecule has 0 radical (unpaired) electrons. The highest BCUT2D eigenvalue weighted by atomic mass is 16.4. The molecule has 200 valence electrons. The van der Waals surface area contributed by atoms with Gasteiger partial charge in [-0.15, -0.1) is 0 Å². The number of aromatic nitrogens is 2. The van der Waals surface area contributed by atoms with Gasteiger partial charge in [0.2, 0.25) is 23.6 Å². The van der Waals surface area contributed by atoms with E-state index in [2.05, 4.69) is 25.9 Å². The standard InChI is InChI=1S/C21H33N7O8/c1-10(2)5-12(22)18(32)27-14(7-17(30)31)20(34)26-13(3-4-16(23)29)19(33)28-15(21(35)36)6-11-8-24-9-25-11/h8-10,12-15H,3-7,22H2,1-2H3,(H2,23,29)(H,24,25)(H,26,34)(H,27,32)(H,28,33)(H,30,31)(H,35,36). The average molecular weight is 512 g/mol. The normalized spacial score (nSPS) is 14.2. The lowest BCUT2D eigenvalue weighted by Crippen LogP contribution is -2.57. The lowest BCUT2D eigenvalue weighted by molar-refractivity contribution is -0.143. The van der Waals surface area contributed by atoms with Gasteiger partial charge in [0.05, 0.1) is 18.8 Å². The third kappa shape index (κ3) is 10.9. The molecule has 15 nitrogen and oxygen atoms in total. The Morgan fingerprint density at radius 2 is 1.56 bits per heavy atom. The molecule has 10 N–H and O–H groups in total. The van der Waals surface area contributed by atoms with Crippen LogP contribution in [0.1, 0.15) is 45.2 Å². The first-order valence-corrected chi connectivity index (χ1v) is 11.2. The zero-order valence-electron chi connectivity index (χ0n) is 20.0. The molecular formula is C21H33N7O8. The fraction of sp³-hybridized carbons (Fsp3) is 0.571. The Morgan fingerprint density at radius 3 is 2.06 bits per heavy atom. The van der Waals surface area contributed by atoms with Crippen molar-refractivity contribution in [2.24, 2.45) is 17.4 Å². The molecule has 4 atom stereocenters. The topological polar surface area (TPSA) is 260 Å². The number of carbonyl (C=O) groups excluding carboxylic acids is 4. The van der Waals surface area contributed by atoms with E-state index >= 15 is 0 Å². The van der Waals surface area contributed by atoms with Crippen molar-refractivity contribution in [3.63, 3.8) is 0 Å². The van der Waals surface area contributed by atoms with Gasteiger partial charge in [0.15, 0.2) is 0 Å². The molecule has 1 heterocycles. The summed E-state index contributed by atoms with van der Waals surface area (Å²) in [6.45, 7) is 3.65. The number of nitrogens with zero attached hydrogens (tertiary/aromatic N) is 1. The summed E-state index contributed by atoms with van der Waals surface area (Å²) in [5.41, 5.74) is 11.4. The highest BCUT2D eigenvalue weighted by molar-refractivity contribution is 5.95. The van der Waals surface area contributed by atoms with E-state index in [9.17, 15) is 39.0 Å². The number of hydrogen-bond acceptors (Lipinski definition) is 8. The number of amides is 4. The summed E-state index contributed by atoms with van der Waals surface area (Å²) in [6.07, 6.45) is 1.38. The molecule has 0 aliphatic carbocycles.